The quantitative estimate of drug-likeness (QED) is 0.893. The van der Waals surface area contributed by atoms with Crippen LogP contribution in [0.15, 0.2) is 22.7 Å². The van der Waals surface area contributed by atoms with E-state index in [1.807, 2.05) is 12.1 Å². The van der Waals surface area contributed by atoms with Gasteiger partial charge in [0.15, 0.2) is 0 Å². The van der Waals surface area contributed by atoms with E-state index in [0.29, 0.717) is 11.6 Å². The van der Waals surface area contributed by atoms with Crippen molar-refractivity contribution in [3.8, 4) is 0 Å². The summed E-state index contributed by atoms with van der Waals surface area (Å²) in [4.78, 5) is 13.9. The number of aromatic carboxylic acids is 1. The average Bonchev–Trinajstić information content (AvgIpc) is 3.09. The molecule has 1 heterocycles. The average molecular weight is 338 g/mol. The molecule has 3 rings (SSSR count). The number of nitrogens with zero attached hydrogens (tertiary/aromatic N) is 1. The maximum absolute atomic E-state index is 11.5. The van der Waals surface area contributed by atoms with Gasteiger partial charge in [0, 0.05) is 17.1 Å². The number of hydrogen-bond acceptors (Lipinski definition) is 2. The fourth-order valence-corrected chi connectivity index (χ4v) is 4.21. The smallest absolute Gasteiger partial charge is 0.337 e. The van der Waals surface area contributed by atoms with E-state index in [-0.39, 0.29) is 0 Å². The zero-order valence-corrected chi connectivity index (χ0v) is 13.1. The lowest BCUT2D eigenvalue weighted by Crippen LogP contribution is -2.35. The van der Waals surface area contributed by atoms with Crippen LogP contribution in [0.5, 0.6) is 0 Å². The molecule has 0 bridgehead atoms. The molecule has 1 saturated carbocycles. The maximum Gasteiger partial charge on any atom is 0.337 e. The van der Waals surface area contributed by atoms with Gasteiger partial charge in [-0.1, -0.05) is 28.8 Å². The van der Waals surface area contributed by atoms with Crippen molar-refractivity contribution in [1.29, 1.82) is 0 Å². The highest BCUT2D eigenvalue weighted by molar-refractivity contribution is 9.10. The molecule has 0 aromatic heterocycles. The van der Waals surface area contributed by atoms with Crippen LogP contribution in [-0.4, -0.2) is 23.7 Å². The number of carboxylic acid groups (broad SMARTS) is 1. The van der Waals surface area contributed by atoms with Crippen molar-refractivity contribution in [2.45, 2.75) is 44.6 Å². The summed E-state index contributed by atoms with van der Waals surface area (Å²) in [7, 11) is 0. The van der Waals surface area contributed by atoms with Crippen molar-refractivity contribution in [2.24, 2.45) is 5.92 Å². The van der Waals surface area contributed by atoms with Gasteiger partial charge in [-0.05, 0) is 49.8 Å². The Balaban J connectivity index is 1.92. The van der Waals surface area contributed by atoms with E-state index >= 15 is 0 Å². The highest BCUT2D eigenvalue weighted by atomic mass is 79.9. The van der Waals surface area contributed by atoms with Gasteiger partial charge in [-0.3, -0.25) is 0 Å². The van der Waals surface area contributed by atoms with Crippen molar-refractivity contribution in [3.05, 3.63) is 28.2 Å². The third kappa shape index (κ3) is 2.58. The molecule has 1 atom stereocenters. The van der Waals surface area contributed by atoms with Gasteiger partial charge >= 0.3 is 5.97 Å². The molecule has 108 valence electrons. The van der Waals surface area contributed by atoms with E-state index in [4.69, 9.17) is 0 Å². The third-order valence-electron chi connectivity index (χ3n) is 4.74. The molecule has 1 aliphatic carbocycles. The maximum atomic E-state index is 11.5. The van der Waals surface area contributed by atoms with Gasteiger partial charge in [-0.2, -0.15) is 0 Å². The first kappa shape index (κ1) is 13.9. The van der Waals surface area contributed by atoms with Gasteiger partial charge in [0.05, 0.1) is 11.3 Å². The van der Waals surface area contributed by atoms with E-state index in [1.54, 1.807) is 6.07 Å². The van der Waals surface area contributed by atoms with Crippen molar-refractivity contribution in [3.63, 3.8) is 0 Å². The normalized spacial score (nSPS) is 23.4. The van der Waals surface area contributed by atoms with Crippen LogP contribution in [0.2, 0.25) is 0 Å². The highest BCUT2D eigenvalue weighted by Gasteiger charge is 2.34. The predicted molar refractivity (Wildman–Crippen MR) is 83.4 cm³/mol. The van der Waals surface area contributed by atoms with Crippen LogP contribution >= 0.6 is 15.9 Å². The highest BCUT2D eigenvalue weighted by Crippen LogP contribution is 2.39. The van der Waals surface area contributed by atoms with Crippen molar-refractivity contribution < 1.29 is 9.90 Å². The fraction of sp³-hybridized carbons (Fsp3) is 0.562. The minimum atomic E-state index is -0.835. The van der Waals surface area contributed by atoms with E-state index < -0.39 is 5.97 Å². The number of hydrogen-bond donors (Lipinski definition) is 1. The Labute approximate surface area is 128 Å². The monoisotopic (exact) mass is 337 g/mol. The summed E-state index contributed by atoms with van der Waals surface area (Å²) in [5, 5.41) is 9.45. The molecule has 1 aromatic carbocycles. The minimum Gasteiger partial charge on any atom is -0.478 e. The molecule has 1 aromatic rings. The molecule has 1 unspecified atom stereocenters. The molecular formula is C16H20BrNO2. The Morgan fingerprint density at radius 3 is 2.65 bits per heavy atom. The molecule has 1 aliphatic heterocycles. The van der Waals surface area contributed by atoms with Gasteiger partial charge in [0.1, 0.15) is 0 Å². The molecule has 0 spiro atoms. The Morgan fingerprint density at radius 2 is 1.95 bits per heavy atom. The number of halogens is 1. The van der Waals surface area contributed by atoms with Gasteiger partial charge in [-0.15, -0.1) is 0 Å². The van der Waals surface area contributed by atoms with Crippen molar-refractivity contribution in [2.75, 3.05) is 11.4 Å². The molecule has 1 saturated heterocycles. The zero-order valence-electron chi connectivity index (χ0n) is 11.5. The Bertz CT molecular complexity index is 511. The Kier molecular flexibility index (Phi) is 4.01. The zero-order chi connectivity index (χ0) is 14.1. The predicted octanol–water partition coefficient (Wildman–Crippen LogP) is 4.31. The second-order valence-electron chi connectivity index (χ2n) is 5.91. The van der Waals surface area contributed by atoms with E-state index in [9.17, 15) is 9.90 Å². The largest absolute Gasteiger partial charge is 0.478 e. The number of carboxylic acids is 1. The second-order valence-corrected chi connectivity index (χ2v) is 6.83. The molecule has 2 aliphatic rings. The molecule has 3 nitrogen and oxygen atoms in total. The lowest BCUT2D eigenvalue weighted by atomic mass is 9.95. The molecule has 20 heavy (non-hydrogen) atoms. The molecule has 2 fully saturated rings. The summed E-state index contributed by atoms with van der Waals surface area (Å²) in [6.45, 7) is 0.989. The summed E-state index contributed by atoms with van der Waals surface area (Å²) in [5.74, 6) is -0.0823. The molecular weight excluding hydrogens is 318 g/mol. The summed E-state index contributed by atoms with van der Waals surface area (Å²) in [6, 6.07) is 6.17. The Hall–Kier alpha value is -1.03. The van der Waals surface area contributed by atoms with Crippen LogP contribution in [0.3, 0.4) is 0 Å². The van der Waals surface area contributed by atoms with E-state index in [2.05, 4.69) is 20.8 Å². The molecule has 0 radical (unpaired) electrons. The topological polar surface area (TPSA) is 40.5 Å². The summed E-state index contributed by atoms with van der Waals surface area (Å²) in [6.07, 6.45) is 7.67. The first-order valence-corrected chi connectivity index (χ1v) is 8.25. The van der Waals surface area contributed by atoms with Crippen LogP contribution in [0.25, 0.3) is 0 Å². The third-order valence-corrected chi connectivity index (χ3v) is 5.23. The van der Waals surface area contributed by atoms with Crippen LogP contribution in [0, 0.1) is 5.92 Å². The van der Waals surface area contributed by atoms with Gasteiger partial charge < -0.3 is 10.0 Å². The molecule has 4 heteroatoms. The van der Waals surface area contributed by atoms with E-state index in [0.717, 1.165) is 22.6 Å². The van der Waals surface area contributed by atoms with Crippen LogP contribution < -0.4 is 4.90 Å². The van der Waals surface area contributed by atoms with Crippen molar-refractivity contribution >= 4 is 27.6 Å². The van der Waals surface area contributed by atoms with Crippen LogP contribution in [0.1, 0.15) is 48.9 Å². The number of anilines is 1. The van der Waals surface area contributed by atoms with Crippen molar-refractivity contribution in [1.82, 2.24) is 0 Å². The van der Waals surface area contributed by atoms with Crippen LogP contribution in [0.4, 0.5) is 5.69 Å². The van der Waals surface area contributed by atoms with Gasteiger partial charge in [0.25, 0.3) is 0 Å². The molecule has 0 amide bonds. The van der Waals surface area contributed by atoms with Gasteiger partial charge in [0.2, 0.25) is 0 Å². The summed E-state index contributed by atoms with van der Waals surface area (Å²) < 4.78 is 0.829. The molecule has 1 N–H and O–H groups in total. The Morgan fingerprint density at radius 1 is 1.20 bits per heavy atom. The lowest BCUT2D eigenvalue weighted by Gasteiger charge is -2.32. The summed E-state index contributed by atoms with van der Waals surface area (Å²) >= 11 is 3.37. The fourth-order valence-electron chi connectivity index (χ4n) is 3.85. The first-order chi connectivity index (χ1) is 9.66. The number of rotatable bonds is 3. The van der Waals surface area contributed by atoms with Crippen LogP contribution in [-0.2, 0) is 0 Å². The number of carbonyl (C=O) groups is 1. The minimum absolute atomic E-state index is 0.421. The van der Waals surface area contributed by atoms with Gasteiger partial charge in [-0.25, -0.2) is 4.79 Å². The first-order valence-electron chi connectivity index (χ1n) is 7.46. The second kappa shape index (κ2) is 5.76. The van der Waals surface area contributed by atoms with E-state index in [1.165, 1.54) is 38.5 Å². The summed E-state index contributed by atoms with van der Waals surface area (Å²) in [5.41, 5.74) is 1.32. The standard InChI is InChI=1S/C16H20BrNO2/c17-12-7-8-15(13(10-12)16(19)20)18-9-3-6-14(18)11-4-1-2-5-11/h7-8,10-11,14H,1-6,9H2,(H,19,20). The lowest BCUT2D eigenvalue weighted by molar-refractivity contribution is 0.0697. The number of benzene rings is 1. The SMILES string of the molecule is O=C(O)c1cc(Br)ccc1N1CCCC1C1CCCC1.